The van der Waals surface area contributed by atoms with Gasteiger partial charge in [-0.05, 0) is 35.4 Å². The van der Waals surface area contributed by atoms with Crippen LogP contribution >= 0.6 is 15.9 Å². The Morgan fingerprint density at radius 3 is 2.41 bits per heavy atom. The van der Waals surface area contributed by atoms with Gasteiger partial charge in [0.05, 0.1) is 28.3 Å². The molecule has 0 aliphatic rings. The third kappa shape index (κ3) is 3.61. The molecule has 4 rings (SSSR count). The second-order valence-electron chi connectivity index (χ2n) is 6.86. The average Bonchev–Trinajstić information content (AvgIpc) is 3.10. The zero-order valence-corrected chi connectivity index (χ0v) is 18.4. The van der Waals surface area contributed by atoms with Gasteiger partial charge in [-0.15, -0.1) is 0 Å². The lowest BCUT2D eigenvalue weighted by Gasteiger charge is -2.29. The smallest absolute Gasteiger partial charge is 0.243 e. The molecule has 0 spiro atoms. The van der Waals surface area contributed by atoms with Gasteiger partial charge in [0.15, 0.2) is 0 Å². The summed E-state index contributed by atoms with van der Waals surface area (Å²) < 4.78 is 31.3. The number of halogens is 1. The van der Waals surface area contributed by atoms with Crippen LogP contribution in [0, 0.1) is 0 Å². The fraction of sp³-hybridized carbons (Fsp3) is 0.136. The molecule has 0 aliphatic heterocycles. The Labute approximate surface area is 178 Å². The summed E-state index contributed by atoms with van der Waals surface area (Å²) >= 11 is 3.59. The van der Waals surface area contributed by atoms with E-state index in [2.05, 4.69) is 20.9 Å². The molecule has 4 aromatic rings. The summed E-state index contributed by atoms with van der Waals surface area (Å²) in [4.78, 5) is 4.52. The standard InChI is InChI=1S/C22H20BrN3O2S/c1-25-15-24-20-14-17(12-13-21(20)25)29(27,28)26(2)22(16-8-4-3-5-9-16)18-10-6-7-11-19(18)23/h3-15,22H,1-2H3. The normalized spacial score (nSPS) is 13.1. The number of imidazole rings is 1. The van der Waals surface area contributed by atoms with Crippen molar-refractivity contribution in [2.45, 2.75) is 10.9 Å². The van der Waals surface area contributed by atoms with Gasteiger partial charge < -0.3 is 4.57 Å². The van der Waals surface area contributed by atoms with Gasteiger partial charge in [-0.25, -0.2) is 13.4 Å². The molecular weight excluding hydrogens is 450 g/mol. The van der Waals surface area contributed by atoms with Crippen LogP contribution in [0.15, 0.2) is 88.5 Å². The number of hydrogen-bond acceptors (Lipinski definition) is 3. The van der Waals surface area contributed by atoms with Gasteiger partial charge in [0.1, 0.15) is 0 Å². The van der Waals surface area contributed by atoms with Crippen molar-refractivity contribution in [3.63, 3.8) is 0 Å². The number of benzene rings is 3. The predicted molar refractivity (Wildman–Crippen MR) is 118 cm³/mol. The first-order valence-corrected chi connectivity index (χ1v) is 11.3. The van der Waals surface area contributed by atoms with E-state index in [4.69, 9.17) is 0 Å². The Hall–Kier alpha value is -2.48. The average molecular weight is 470 g/mol. The second-order valence-corrected chi connectivity index (χ2v) is 9.71. The number of aromatic nitrogens is 2. The van der Waals surface area contributed by atoms with Crippen molar-refractivity contribution in [2.75, 3.05) is 7.05 Å². The van der Waals surface area contributed by atoms with Crippen LogP contribution in [0.4, 0.5) is 0 Å². The summed E-state index contributed by atoms with van der Waals surface area (Å²) in [6.45, 7) is 0. The van der Waals surface area contributed by atoms with Gasteiger partial charge in [-0.1, -0.05) is 64.5 Å². The lowest BCUT2D eigenvalue weighted by molar-refractivity contribution is 0.417. The number of hydrogen-bond donors (Lipinski definition) is 0. The SMILES string of the molecule is CN(C(c1ccccc1)c1ccccc1Br)S(=O)(=O)c1ccc2c(c1)ncn2C. The molecule has 0 N–H and O–H groups in total. The van der Waals surface area contributed by atoms with Gasteiger partial charge in [0.2, 0.25) is 10.0 Å². The lowest BCUT2D eigenvalue weighted by atomic mass is 9.99. The van der Waals surface area contributed by atoms with Crippen molar-refractivity contribution >= 4 is 37.0 Å². The molecule has 0 saturated heterocycles. The van der Waals surface area contributed by atoms with E-state index >= 15 is 0 Å². The maximum Gasteiger partial charge on any atom is 0.243 e. The van der Waals surface area contributed by atoms with Crippen LogP contribution in [0.25, 0.3) is 11.0 Å². The maximum atomic E-state index is 13.6. The predicted octanol–water partition coefficient (Wildman–Crippen LogP) is 4.75. The van der Waals surface area contributed by atoms with Gasteiger partial charge in [-0.2, -0.15) is 4.31 Å². The van der Waals surface area contributed by atoms with E-state index < -0.39 is 16.1 Å². The van der Waals surface area contributed by atoms with E-state index in [1.807, 2.05) is 66.2 Å². The summed E-state index contributed by atoms with van der Waals surface area (Å²) in [5.74, 6) is 0. The zero-order valence-electron chi connectivity index (χ0n) is 16.0. The van der Waals surface area contributed by atoms with Crippen LogP contribution < -0.4 is 0 Å². The molecule has 1 heterocycles. The van der Waals surface area contributed by atoms with Crippen LogP contribution in [0.5, 0.6) is 0 Å². The zero-order chi connectivity index (χ0) is 20.6. The van der Waals surface area contributed by atoms with Crippen molar-refractivity contribution in [2.24, 2.45) is 7.05 Å². The van der Waals surface area contributed by atoms with E-state index in [-0.39, 0.29) is 4.90 Å². The number of fused-ring (bicyclic) bond motifs is 1. The monoisotopic (exact) mass is 469 g/mol. The van der Waals surface area contributed by atoms with Crippen LogP contribution in [0.2, 0.25) is 0 Å². The summed E-state index contributed by atoms with van der Waals surface area (Å²) in [6, 6.07) is 21.9. The van der Waals surface area contributed by atoms with E-state index in [0.717, 1.165) is 21.1 Å². The molecule has 0 amide bonds. The Bertz CT molecular complexity index is 1270. The molecule has 1 atom stereocenters. The number of sulfonamides is 1. The van der Waals surface area contributed by atoms with Crippen LogP contribution in [-0.4, -0.2) is 29.3 Å². The highest BCUT2D eigenvalue weighted by atomic mass is 79.9. The third-order valence-electron chi connectivity index (χ3n) is 5.05. The summed E-state index contributed by atoms with van der Waals surface area (Å²) in [5, 5.41) is 0. The fourth-order valence-electron chi connectivity index (χ4n) is 3.50. The molecular formula is C22H20BrN3O2S. The van der Waals surface area contributed by atoms with Crippen molar-refractivity contribution in [1.82, 2.24) is 13.9 Å². The topological polar surface area (TPSA) is 55.2 Å². The van der Waals surface area contributed by atoms with E-state index in [0.29, 0.717) is 5.52 Å². The van der Waals surface area contributed by atoms with Crippen molar-refractivity contribution in [3.8, 4) is 0 Å². The van der Waals surface area contributed by atoms with E-state index in [9.17, 15) is 8.42 Å². The minimum atomic E-state index is -3.77. The fourth-order valence-corrected chi connectivity index (χ4v) is 5.35. The molecule has 29 heavy (non-hydrogen) atoms. The molecule has 0 saturated carbocycles. The minimum Gasteiger partial charge on any atom is -0.334 e. The highest BCUT2D eigenvalue weighted by Gasteiger charge is 2.31. The molecule has 3 aromatic carbocycles. The quantitative estimate of drug-likeness (QED) is 0.423. The first-order chi connectivity index (χ1) is 13.9. The summed E-state index contributed by atoms with van der Waals surface area (Å²) in [6.07, 6.45) is 1.68. The van der Waals surface area contributed by atoms with Gasteiger partial charge >= 0.3 is 0 Å². The largest absolute Gasteiger partial charge is 0.334 e. The van der Waals surface area contributed by atoms with E-state index in [1.165, 1.54) is 4.31 Å². The van der Waals surface area contributed by atoms with Gasteiger partial charge in [0.25, 0.3) is 0 Å². The first kappa shape index (κ1) is 19.8. The first-order valence-electron chi connectivity index (χ1n) is 9.08. The highest BCUT2D eigenvalue weighted by Crippen LogP contribution is 2.36. The molecule has 5 nitrogen and oxygen atoms in total. The number of aryl methyl sites for hydroxylation is 1. The Morgan fingerprint density at radius 1 is 1.00 bits per heavy atom. The summed E-state index contributed by atoms with van der Waals surface area (Å²) in [7, 11) is -0.267. The molecule has 0 aliphatic carbocycles. The van der Waals surface area contributed by atoms with Crippen LogP contribution in [0.1, 0.15) is 17.2 Å². The van der Waals surface area contributed by atoms with Gasteiger partial charge in [-0.3, -0.25) is 0 Å². The third-order valence-corrected chi connectivity index (χ3v) is 7.59. The Kier molecular flexibility index (Phi) is 5.29. The Balaban J connectivity index is 1.84. The molecule has 1 aromatic heterocycles. The molecule has 148 valence electrons. The van der Waals surface area contributed by atoms with E-state index in [1.54, 1.807) is 31.6 Å². The maximum absolute atomic E-state index is 13.6. The van der Waals surface area contributed by atoms with Crippen molar-refractivity contribution in [3.05, 3.63) is 94.7 Å². The second kappa shape index (κ2) is 7.74. The number of nitrogens with zero attached hydrogens (tertiary/aromatic N) is 3. The highest BCUT2D eigenvalue weighted by molar-refractivity contribution is 9.10. The molecule has 7 heteroatoms. The van der Waals surface area contributed by atoms with Gasteiger partial charge in [0, 0.05) is 18.6 Å². The van der Waals surface area contributed by atoms with Crippen LogP contribution in [0.3, 0.4) is 0 Å². The lowest BCUT2D eigenvalue weighted by Crippen LogP contribution is -2.32. The summed E-state index contributed by atoms with van der Waals surface area (Å²) in [5.41, 5.74) is 3.31. The van der Waals surface area contributed by atoms with Crippen molar-refractivity contribution in [1.29, 1.82) is 0 Å². The molecule has 0 bridgehead atoms. The minimum absolute atomic E-state index is 0.221. The molecule has 1 unspecified atom stereocenters. The Morgan fingerprint density at radius 2 is 1.69 bits per heavy atom. The molecule has 0 radical (unpaired) electrons. The van der Waals surface area contributed by atoms with Crippen molar-refractivity contribution < 1.29 is 8.42 Å². The number of rotatable bonds is 5. The molecule has 0 fully saturated rings. The van der Waals surface area contributed by atoms with Crippen LogP contribution in [-0.2, 0) is 17.1 Å².